The number of fused-ring (bicyclic) bond motifs is 5. The minimum Gasteiger partial charge on any atom is -0.393 e. The summed E-state index contributed by atoms with van der Waals surface area (Å²) in [5.41, 5.74) is 2.00. The van der Waals surface area contributed by atoms with Crippen molar-refractivity contribution in [2.75, 3.05) is 0 Å². The fourth-order valence-corrected chi connectivity index (χ4v) is 9.34. The van der Waals surface area contributed by atoms with Gasteiger partial charge in [-0.2, -0.15) is 0 Å². The number of aliphatic hydroxyl groups excluding tert-OH is 1. The molecule has 0 saturated heterocycles. The van der Waals surface area contributed by atoms with Crippen LogP contribution in [0.1, 0.15) is 111 Å². The summed E-state index contributed by atoms with van der Waals surface area (Å²) in [5.74, 6) is 4.79. The highest BCUT2D eigenvalue weighted by atomic mass is 16.3. The maximum Gasteiger partial charge on any atom is 0.0682 e. The van der Waals surface area contributed by atoms with E-state index < -0.39 is 5.60 Å². The van der Waals surface area contributed by atoms with Crippen molar-refractivity contribution in [1.82, 2.24) is 0 Å². The largest absolute Gasteiger partial charge is 0.393 e. The van der Waals surface area contributed by atoms with Gasteiger partial charge in [0.05, 0.1) is 11.7 Å². The molecule has 2 heteroatoms. The molecular weight excluding hydrogens is 380 g/mol. The van der Waals surface area contributed by atoms with Crippen molar-refractivity contribution in [2.45, 2.75) is 123 Å². The molecule has 4 saturated carbocycles. The van der Waals surface area contributed by atoms with Crippen LogP contribution in [-0.2, 0) is 0 Å². The highest BCUT2D eigenvalue weighted by Crippen LogP contribution is 2.67. The van der Waals surface area contributed by atoms with E-state index in [1.54, 1.807) is 5.57 Å². The van der Waals surface area contributed by atoms with Gasteiger partial charge in [-0.05, 0) is 130 Å². The molecule has 0 bridgehead atoms. The van der Waals surface area contributed by atoms with E-state index in [0.717, 1.165) is 55.3 Å². The van der Waals surface area contributed by atoms with E-state index in [2.05, 4.69) is 33.8 Å². The third-order valence-corrected chi connectivity index (χ3v) is 11.8. The monoisotopic (exact) mass is 428 g/mol. The van der Waals surface area contributed by atoms with Gasteiger partial charge in [0.2, 0.25) is 0 Å². The van der Waals surface area contributed by atoms with Crippen LogP contribution in [0.15, 0.2) is 11.6 Å². The van der Waals surface area contributed by atoms with Gasteiger partial charge in [0, 0.05) is 0 Å². The van der Waals surface area contributed by atoms with Gasteiger partial charge in [-0.1, -0.05) is 39.3 Å². The Bertz CT molecular complexity index is 710. The van der Waals surface area contributed by atoms with Gasteiger partial charge in [0.25, 0.3) is 0 Å². The first-order valence-electron chi connectivity index (χ1n) is 13.8. The molecule has 0 heterocycles. The van der Waals surface area contributed by atoms with Crippen molar-refractivity contribution in [1.29, 1.82) is 0 Å². The first kappa shape index (κ1) is 22.5. The molecule has 5 aliphatic carbocycles. The van der Waals surface area contributed by atoms with Gasteiger partial charge in [-0.15, -0.1) is 0 Å². The number of allylic oxidation sites excluding steroid dienone is 1. The Kier molecular flexibility index (Phi) is 5.70. The maximum atomic E-state index is 11.0. The van der Waals surface area contributed by atoms with Gasteiger partial charge in [0.1, 0.15) is 0 Å². The summed E-state index contributed by atoms with van der Waals surface area (Å²) in [6.07, 6.45) is 18.2. The molecule has 0 aromatic heterocycles. The van der Waals surface area contributed by atoms with Crippen LogP contribution in [0, 0.1) is 46.3 Å². The van der Waals surface area contributed by atoms with Crippen LogP contribution in [0.5, 0.6) is 0 Å². The van der Waals surface area contributed by atoms with E-state index in [1.165, 1.54) is 57.8 Å². The molecule has 0 aromatic rings. The molecule has 5 aliphatic rings. The molecule has 0 spiro atoms. The van der Waals surface area contributed by atoms with Gasteiger partial charge < -0.3 is 10.2 Å². The zero-order valence-electron chi connectivity index (χ0n) is 20.7. The summed E-state index contributed by atoms with van der Waals surface area (Å²) < 4.78 is 0. The molecule has 0 aromatic carbocycles. The first-order valence-corrected chi connectivity index (χ1v) is 13.8. The van der Waals surface area contributed by atoms with Crippen LogP contribution < -0.4 is 0 Å². The molecule has 9 atom stereocenters. The summed E-state index contributed by atoms with van der Waals surface area (Å²) >= 11 is 0. The average molecular weight is 429 g/mol. The Morgan fingerprint density at radius 1 is 1.00 bits per heavy atom. The van der Waals surface area contributed by atoms with E-state index >= 15 is 0 Å². The molecule has 176 valence electrons. The smallest absolute Gasteiger partial charge is 0.0682 e. The van der Waals surface area contributed by atoms with E-state index in [9.17, 15) is 10.2 Å². The second kappa shape index (κ2) is 7.86. The average Bonchev–Trinajstić information content (AvgIpc) is 3.54. The lowest BCUT2D eigenvalue weighted by atomic mass is 9.46. The van der Waals surface area contributed by atoms with Crippen LogP contribution in [-0.4, -0.2) is 21.9 Å². The van der Waals surface area contributed by atoms with Crippen molar-refractivity contribution < 1.29 is 10.2 Å². The van der Waals surface area contributed by atoms with Crippen molar-refractivity contribution in [3.63, 3.8) is 0 Å². The van der Waals surface area contributed by atoms with Crippen LogP contribution in [0.2, 0.25) is 0 Å². The molecule has 0 aliphatic heterocycles. The minimum absolute atomic E-state index is 0.0295. The third-order valence-electron chi connectivity index (χ3n) is 11.8. The Morgan fingerprint density at radius 2 is 1.77 bits per heavy atom. The SMILES string of the molecule is CC[C@]1(O)CC[C@@]2(C)C(=CC[C@H]3[C@@H]4CC[C@H]([C@H](C)CCC(O)C5CC5)[C@@]4(C)CC[C@@H]32)C1. The summed E-state index contributed by atoms with van der Waals surface area (Å²) in [6.45, 7) is 9.86. The summed E-state index contributed by atoms with van der Waals surface area (Å²) in [6, 6.07) is 0. The quantitative estimate of drug-likeness (QED) is 0.452. The lowest BCUT2D eigenvalue weighted by molar-refractivity contribution is -0.0758. The Hall–Kier alpha value is -0.340. The van der Waals surface area contributed by atoms with Crippen molar-refractivity contribution in [3.8, 4) is 0 Å². The van der Waals surface area contributed by atoms with Gasteiger partial charge >= 0.3 is 0 Å². The molecule has 4 fully saturated rings. The zero-order valence-corrected chi connectivity index (χ0v) is 20.7. The number of aliphatic hydroxyl groups is 2. The lowest BCUT2D eigenvalue weighted by Gasteiger charge is -2.59. The zero-order chi connectivity index (χ0) is 22.0. The third kappa shape index (κ3) is 3.67. The van der Waals surface area contributed by atoms with Gasteiger partial charge in [-0.25, -0.2) is 0 Å². The van der Waals surface area contributed by atoms with Crippen LogP contribution in [0.4, 0.5) is 0 Å². The number of rotatable bonds is 6. The molecular formula is C29H48O2. The second-order valence-electron chi connectivity index (χ2n) is 13.2. The normalized spacial score (nSPS) is 48.9. The highest BCUT2D eigenvalue weighted by Gasteiger charge is 2.59. The van der Waals surface area contributed by atoms with E-state index in [0.29, 0.717) is 16.7 Å². The molecule has 2 N–H and O–H groups in total. The minimum atomic E-state index is -0.444. The lowest BCUT2D eigenvalue weighted by Crippen LogP contribution is -2.52. The van der Waals surface area contributed by atoms with Crippen molar-refractivity contribution in [2.24, 2.45) is 46.3 Å². The maximum absolute atomic E-state index is 11.0. The van der Waals surface area contributed by atoms with Crippen molar-refractivity contribution in [3.05, 3.63) is 11.6 Å². The summed E-state index contributed by atoms with van der Waals surface area (Å²) in [7, 11) is 0. The molecule has 31 heavy (non-hydrogen) atoms. The summed E-state index contributed by atoms with van der Waals surface area (Å²) in [5, 5.41) is 21.4. The second-order valence-corrected chi connectivity index (χ2v) is 13.2. The van der Waals surface area contributed by atoms with Gasteiger partial charge in [0.15, 0.2) is 0 Å². The molecule has 1 unspecified atom stereocenters. The Morgan fingerprint density at radius 3 is 2.48 bits per heavy atom. The highest BCUT2D eigenvalue weighted by molar-refractivity contribution is 5.27. The fourth-order valence-electron chi connectivity index (χ4n) is 9.34. The van der Waals surface area contributed by atoms with Gasteiger partial charge in [-0.3, -0.25) is 0 Å². The van der Waals surface area contributed by atoms with Crippen LogP contribution in [0.3, 0.4) is 0 Å². The predicted molar refractivity (Wildman–Crippen MR) is 128 cm³/mol. The standard InChI is InChI=1S/C29H48O2/c1-5-29(31)17-16-27(3)21(18-29)9-10-22-24-12-11-23(28(24,4)15-14-25(22)27)19(2)6-13-26(30)20-7-8-20/h9,19-20,22-26,30-31H,5-8,10-18H2,1-4H3/t19-,22+,23-,24+,25+,26?,27+,28-,29+/m1/s1. The number of hydrogen-bond donors (Lipinski definition) is 2. The Balaban J connectivity index is 1.30. The van der Waals surface area contributed by atoms with E-state index in [1.807, 2.05) is 0 Å². The molecule has 0 amide bonds. The topological polar surface area (TPSA) is 40.5 Å². The van der Waals surface area contributed by atoms with Crippen LogP contribution >= 0.6 is 0 Å². The van der Waals surface area contributed by atoms with Crippen LogP contribution in [0.25, 0.3) is 0 Å². The van der Waals surface area contributed by atoms with E-state index in [4.69, 9.17) is 0 Å². The molecule has 2 nitrogen and oxygen atoms in total. The molecule has 0 radical (unpaired) electrons. The van der Waals surface area contributed by atoms with Crippen molar-refractivity contribution >= 4 is 0 Å². The Labute approximate surface area is 191 Å². The van der Waals surface area contributed by atoms with E-state index in [-0.39, 0.29) is 6.10 Å². The fraction of sp³-hybridized carbons (Fsp3) is 0.931. The first-order chi connectivity index (χ1) is 14.7. The molecule has 5 rings (SSSR count). The summed E-state index contributed by atoms with van der Waals surface area (Å²) in [4.78, 5) is 0. The number of hydrogen-bond acceptors (Lipinski definition) is 2. The predicted octanol–water partition coefficient (Wildman–Crippen LogP) is 6.89.